The third kappa shape index (κ3) is 1.79. The lowest BCUT2D eigenvalue weighted by atomic mass is 9.89. The SMILES string of the molecule is ICC1OC12CCCCCCC2. The molecule has 1 nitrogen and oxygen atoms in total. The molecule has 1 saturated carbocycles. The van der Waals surface area contributed by atoms with Crippen LogP contribution >= 0.6 is 22.6 Å². The summed E-state index contributed by atoms with van der Waals surface area (Å²) < 4.78 is 7.01. The largest absolute Gasteiger partial charge is 0.365 e. The first-order chi connectivity index (χ1) is 5.87. The second-order valence-electron chi connectivity index (χ2n) is 4.09. The molecule has 0 N–H and O–H groups in total. The second-order valence-corrected chi connectivity index (χ2v) is 4.97. The van der Waals surface area contributed by atoms with Crippen molar-refractivity contribution in [2.45, 2.75) is 56.7 Å². The van der Waals surface area contributed by atoms with Crippen molar-refractivity contribution in [1.82, 2.24) is 0 Å². The van der Waals surface area contributed by atoms with Gasteiger partial charge in [-0.05, 0) is 12.8 Å². The molecule has 0 radical (unpaired) electrons. The minimum atomic E-state index is 0.363. The number of alkyl halides is 1. The molecule has 2 heteroatoms. The van der Waals surface area contributed by atoms with Crippen LogP contribution in [-0.4, -0.2) is 16.1 Å². The van der Waals surface area contributed by atoms with Crippen molar-refractivity contribution < 1.29 is 4.74 Å². The van der Waals surface area contributed by atoms with Gasteiger partial charge in [-0.2, -0.15) is 0 Å². The monoisotopic (exact) mass is 280 g/mol. The van der Waals surface area contributed by atoms with Crippen LogP contribution in [-0.2, 0) is 4.74 Å². The predicted molar refractivity (Wildman–Crippen MR) is 58.8 cm³/mol. The average molecular weight is 280 g/mol. The fourth-order valence-corrected chi connectivity index (χ4v) is 3.35. The Morgan fingerprint density at radius 2 is 1.67 bits per heavy atom. The van der Waals surface area contributed by atoms with Crippen molar-refractivity contribution in [1.29, 1.82) is 0 Å². The molecular formula is C10H17IO. The molecule has 2 fully saturated rings. The van der Waals surface area contributed by atoms with E-state index in [0.29, 0.717) is 11.7 Å². The minimum absolute atomic E-state index is 0.363. The molecule has 0 bridgehead atoms. The highest BCUT2D eigenvalue weighted by Gasteiger charge is 2.54. The Morgan fingerprint density at radius 1 is 1.08 bits per heavy atom. The number of rotatable bonds is 1. The second kappa shape index (κ2) is 3.82. The Balaban J connectivity index is 1.87. The number of halogens is 1. The summed E-state index contributed by atoms with van der Waals surface area (Å²) in [4.78, 5) is 0. The summed E-state index contributed by atoms with van der Waals surface area (Å²) in [6, 6.07) is 0. The van der Waals surface area contributed by atoms with Crippen LogP contribution in [0.1, 0.15) is 44.9 Å². The van der Waals surface area contributed by atoms with Crippen molar-refractivity contribution in [3.8, 4) is 0 Å². The highest BCUT2D eigenvalue weighted by atomic mass is 127. The molecule has 2 aliphatic rings. The van der Waals surface area contributed by atoms with Gasteiger partial charge in [0.2, 0.25) is 0 Å². The zero-order chi connectivity index (χ0) is 8.44. The molecule has 1 aliphatic heterocycles. The molecule has 12 heavy (non-hydrogen) atoms. The van der Waals surface area contributed by atoms with Crippen molar-refractivity contribution in [2.75, 3.05) is 4.43 Å². The van der Waals surface area contributed by atoms with Crippen LogP contribution in [0.5, 0.6) is 0 Å². The standard InChI is InChI=1S/C10H17IO/c11-8-9-10(12-9)6-4-2-1-3-5-7-10/h9H,1-8H2. The molecule has 1 saturated heterocycles. The van der Waals surface area contributed by atoms with E-state index < -0.39 is 0 Å². The zero-order valence-electron chi connectivity index (χ0n) is 7.52. The topological polar surface area (TPSA) is 12.5 Å². The van der Waals surface area contributed by atoms with Gasteiger partial charge in [0, 0.05) is 4.43 Å². The van der Waals surface area contributed by atoms with E-state index in [4.69, 9.17) is 4.74 Å². The number of hydrogen-bond donors (Lipinski definition) is 0. The summed E-state index contributed by atoms with van der Waals surface area (Å²) in [6.07, 6.45) is 10.4. The Bertz CT molecular complexity index is 150. The summed E-state index contributed by atoms with van der Waals surface area (Å²) in [5.74, 6) is 0. The van der Waals surface area contributed by atoms with E-state index in [1.54, 1.807) is 0 Å². The number of hydrogen-bond acceptors (Lipinski definition) is 1. The molecule has 1 aliphatic carbocycles. The Labute approximate surface area is 88.4 Å². The van der Waals surface area contributed by atoms with Crippen LogP contribution in [0.3, 0.4) is 0 Å². The van der Waals surface area contributed by atoms with Crippen molar-refractivity contribution in [3.63, 3.8) is 0 Å². The molecule has 1 heterocycles. The van der Waals surface area contributed by atoms with Gasteiger partial charge in [0.05, 0.1) is 11.7 Å². The lowest BCUT2D eigenvalue weighted by Crippen LogP contribution is -2.17. The van der Waals surface area contributed by atoms with Crippen molar-refractivity contribution in [3.05, 3.63) is 0 Å². The third-order valence-electron chi connectivity index (χ3n) is 3.25. The first-order valence-electron chi connectivity index (χ1n) is 5.11. The van der Waals surface area contributed by atoms with Gasteiger partial charge in [-0.25, -0.2) is 0 Å². The third-order valence-corrected chi connectivity index (χ3v) is 4.05. The van der Waals surface area contributed by atoms with Crippen LogP contribution in [0.25, 0.3) is 0 Å². The van der Waals surface area contributed by atoms with Crippen LogP contribution in [0.15, 0.2) is 0 Å². The van der Waals surface area contributed by atoms with E-state index in [9.17, 15) is 0 Å². The van der Waals surface area contributed by atoms with E-state index >= 15 is 0 Å². The quantitative estimate of drug-likeness (QED) is 0.408. The predicted octanol–water partition coefficient (Wildman–Crippen LogP) is 3.30. The fraction of sp³-hybridized carbons (Fsp3) is 1.00. The van der Waals surface area contributed by atoms with Crippen LogP contribution in [0.2, 0.25) is 0 Å². The van der Waals surface area contributed by atoms with E-state index in [2.05, 4.69) is 22.6 Å². The molecule has 1 spiro atoms. The van der Waals surface area contributed by atoms with Gasteiger partial charge in [-0.3, -0.25) is 0 Å². The normalized spacial score (nSPS) is 34.2. The van der Waals surface area contributed by atoms with Crippen LogP contribution in [0.4, 0.5) is 0 Å². The molecule has 0 aromatic carbocycles. The highest BCUT2D eigenvalue weighted by molar-refractivity contribution is 14.1. The van der Waals surface area contributed by atoms with Crippen molar-refractivity contribution in [2.24, 2.45) is 0 Å². The molecule has 70 valence electrons. The molecule has 0 aromatic rings. The first kappa shape index (κ1) is 9.25. The molecule has 0 aromatic heterocycles. The number of epoxide rings is 1. The summed E-state index contributed by atoms with van der Waals surface area (Å²) in [7, 11) is 0. The van der Waals surface area contributed by atoms with Gasteiger partial charge < -0.3 is 4.74 Å². The Kier molecular flexibility index (Phi) is 2.95. The van der Waals surface area contributed by atoms with Crippen LogP contribution in [0, 0.1) is 0 Å². The lowest BCUT2D eigenvalue weighted by Gasteiger charge is -2.15. The van der Waals surface area contributed by atoms with E-state index in [1.807, 2.05) is 0 Å². The maximum Gasteiger partial charge on any atom is 0.0962 e. The summed E-state index contributed by atoms with van der Waals surface area (Å²) in [5.41, 5.74) is 0.363. The summed E-state index contributed by atoms with van der Waals surface area (Å²) in [5, 5.41) is 0. The van der Waals surface area contributed by atoms with Crippen molar-refractivity contribution >= 4 is 22.6 Å². The zero-order valence-corrected chi connectivity index (χ0v) is 9.68. The van der Waals surface area contributed by atoms with Gasteiger partial charge in [-0.1, -0.05) is 54.7 Å². The average Bonchev–Trinajstić information content (AvgIpc) is 2.73. The Hall–Kier alpha value is 0.690. The van der Waals surface area contributed by atoms with Crippen LogP contribution < -0.4 is 0 Å². The summed E-state index contributed by atoms with van der Waals surface area (Å²) in [6.45, 7) is 0. The maximum atomic E-state index is 5.82. The highest BCUT2D eigenvalue weighted by Crippen LogP contribution is 2.47. The Morgan fingerprint density at radius 3 is 2.17 bits per heavy atom. The summed E-state index contributed by atoms with van der Waals surface area (Å²) >= 11 is 2.45. The van der Waals surface area contributed by atoms with E-state index in [1.165, 1.54) is 49.4 Å². The van der Waals surface area contributed by atoms with E-state index in [-0.39, 0.29) is 0 Å². The van der Waals surface area contributed by atoms with Gasteiger partial charge in [0.1, 0.15) is 0 Å². The molecular weight excluding hydrogens is 263 g/mol. The minimum Gasteiger partial charge on any atom is -0.365 e. The molecule has 0 amide bonds. The fourth-order valence-electron chi connectivity index (χ4n) is 2.37. The van der Waals surface area contributed by atoms with Gasteiger partial charge in [0.25, 0.3) is 0 Å². The lowest BCUT2D eigenvalue weighted by molar-refractivity contribution is 0.248. The van der Waals surface area contributed by atoms with E-state index in [0.717, 1.165) is 0 Å². The maximum absolute atomic E-state index is 5.82. The smallest absolute Gasteiger partial charge is 0.0962 e. The first-order valence-corrected chi connectivity index (χ1v) is 6.64. The molecule has 1 unspecified atom stereocenters. The van der Waals surface area contributed by atoms with Gasteiger partial charge in [0.15, 0.2) is 0 Å². The van der Waals surface area contributed by atoms with Gasteiger partial charge >= 0.3 is 0 Å². The molecule has 1 atom stereocenters. The van der Waals surface area contributed by atoms with Gasteiger partial charge in [-0.15, -0.1) is 0 Å². The number of ether oxygens (including phenoxy) is 1. The molecule has 2 rings (SSSR count).